The Balaban J connectivity index is 1.59. The van der Waals surface area contributed by atoms with Gasteiger partial charge in [-0.1, -0.05) is 0 Å². The van der Waals surface area contributed by atoms with Crippen LogP contribution in [0.2, 0.25) is 0 Å². The van der Waals surface area contributed by atoms with Crippen molar-refractivity contribution < 1.29 is 14.3 Å². The van der Waals surface area contributed by atoms with Crippen LogP contribution in [0.1, 0.15) is 33.6 Å². The maximum atomic E-state index is 13.2. The van der Waals surface area contributed by atoms with Gasteiger partial charge in [0, 0.05) is 24.5 Å². The van der Waals surface area contributed by atoms with Crippen LogP contribution in [0.5, 0.6) is 5.75 Å². The molecule has 4 rings (SSSR count). The van der Waals surface area contributed by atoms with Crippen LogP contribution in [-0.2, 0) is 0 Å². The first-order valence-electron chi connectivity index (χ1n) is 9.33. The summed E-state index contributed by atoms with van der Waals surface area (Å²) < 4.78 is 6.67. The van der Waals surface area contributed by atoms with Crippen LogP contribution in [0.4, 0.5) is 5.82 Å². The van der Waals surface area contributed by atoms with Gasteiger partial charge >= 0.3 is 0 Å². The number of carbonyl (C=O) groups is 2. The first kappa shape index (κ1) is 18.7. The van der Waals surface area contributed by atoms with E-state index in [1.165, 1.54) is 10.9 Å². The zero-order valence-electron chi connectivity index (χ0n) is 16.0. The lowest BCUT2D eigenvalue weighted by Crippen LogP contribution is -2.40. The molecule has 1 fully saturated rings. The molecule has 1 atom stereocenters. The Morgan fingerprint density at radius 2 is 1.86 bits per heavy atom. The van der Waals surface area contributed by atoms with Gasteiger partial charge in [0.1, 0.15) is 11.6 Å². The molecule has 0 aliphatic carbocycles. The number of nitrogens with zero attached hydrogens (tertiary/aromatic N) is 4. The molecule has 0 unspecified atom stereocenters. The van der Waals surface area contributed by atoms with Gasteiger partial charge in [-0.3, -0.25) is 14.6 Å². The van der Waals surface area contributed by atoms with Crippen LogP contribution < -0.4 is 10.5 Å². The number of nitrogens with two attached hydrogens (primary N) is 1. The predicted octanol–water partition coefficient (Wildman–Crippen LogP) is 2.35. The summed E-state index contributed by atoms with van der Waals surface area (Å²) in [7, 11) is 1.59. The number of benzene rings is 1. The number of aromatic nitrogens is 3. The number of amides is 1. The number of methoxy groups -OCH3 is 1. The zero-order valence-corrected chi connectivity index (χ0v) is 16.0. The summed E-state index contributed by atoms with van der Waals surface area (Å²) in [5.74, 6) is 0.599. The third kappa shape index (κ3) is 3.44. The summed E-state index contributed by atoms with van der Waals surface area (Å²) in [6.45, 7) is 0.532. The smallest absolute Gasteiger partial charge is 0.254 e. The lowest BCUT2D eigenvalue weighted by molar-refractivity contribution is 0.0671. The summed E-state index contributed by atoms with van der Waals surface area (Å²) in [5, 5.41) is 4.28. The number of nitrogen functional groups attached to an aromatic ring is 1. The molecular formula is C21H21N5O3. The number of hydrogen-bond donors (Lipinski definition) is 1. The highest BCUT2D eigenvalue weighted by atomic mass is 16.5. The lowest BCUT2D eigenvalue weighted by atomic mass is 10.0. The molecular weight excluding hydrogens is 370 g/mol. The molecule has 1 aliphatic rings. The minimum atomic E-state index is -0.550. The van der Waals surface area contributed by atoms with Gasteiger partial charge in [-0.15, -0.1) is 0 Å². The van der Waals surface area contributed by atoms with Crippen LogP contribution in [0.25, 0.3) is 5.69 Å². The number of rotatable bonds is 5. The summed E-state index contributed by atoms with van der Waals surface area (Å²) in [4.78, 5) is 31.6. The van der Waals surface area contributed by atoms with Gasteiger partial charge in [0.2, 0.25) is 0 Å². The molecule has 0 saturated carbocycles. The largest absolute Gasteiger partial charge is 0.497 e. The molecule has 29 heavy (non-hydrogen) atoms. The number of hydrogen-bond acceptors (Lipinski definition) is 6. The number of Topliss-reactive ketones (excluding diaryl/α,β-unsaturated/α-hetero) is 1. The van der Waals surface area contributed by atoms with Crippen molar-refractivity contribution >= 4 is 17.5 Å². The molecule has 2 aromatic heterocycles. The van der Waals surface area contributed by atoms with Gasteiger partial charge < -0.3 is 15.4 Å². The second-order valence-electron chi connectivity index (χ2n) is 6.81. The summed E-state index contributed by atoms with van der Waals surface area (Å²) in [6, 6.07) is 9.97. The fraction of sp³-hybridized carbons (Fsp3) is 0.238. The number of anilines is 1. The van der Waals surface area contributed by atoms with Gasteiger partial charge in [0.25, 0.3) is 5.91 Å². The third-order valence-corrected chi connectivity index (χ3v) is 5.13. The Morgan fingerprint density at radius 3 is 2.55 bits per heavy atom. The van der Waals surface area contributed by atoms with Crippen LogP contribution in [0, 0.1) is 0 Å². The zero-order chi connectivity index (χ0) is 20.4. The molecule has 1 aromatic carbocycles. The number of pyridine rings is 1. The topological polar surface area (TPSA) is 103 Å². The Kier molecular flexibility index (Phi) is 4.99. The first-order chi connectivity index (χ1) is 14.1. The molecule has 1 saturated heterocycles. The van der Waals surface area contributed by atoms with E-state index in [0.717, 1.165) is 12.1 Å². The minimum Gasteiger partial charge on any atom is -0.497 e. The molecule has 0 spiro atoms. The average Bonchev–Trinajstić information content (AvgIpc) is 3.40. The quantitative estimate of drug-likeness (QED) is 0.670. The molecule has 8 heteroatoms. The molecule has 1 aliphatic heterocycles. The van der Waals surface area contributed by atoms with Gasteiger partial charge in [-0.25, -0.2) is 4.68 Å². The maximum Gasteiger partial charge on any atom is 0.254 e. The van der Waals surface area contributed by atoms with Gasteiger partial charge in [-0.2, -0.15) is 5.10 Å². The Morgan fingerprint density at radius 1 is 1.14 bits per heavy atom. The van der Waals surface area contributed by atoms with Crippen LogP contribution in [-0.4, -0.2) is 51.1 Å². The highest BCUT2D eigenvalue weighted by Gasteiger charge is 2.36. The van der Waals surface area contributed by atoms with E-state index in [0.29, 0.717) is 29.8 Å². The van der Waals surface area contributed by atoms with Crippen molar-refractivity contribution in [1.29, 1.82) is 0 Å². The number of carbonyl (C=O) groups excluding carboxylic acids is 2. The fourth-order valence-corrected chi connectivity index (χ4v) is 3.60. The molecule has 0 radical (unpaired) electrons. The number of likely N-dealkylation sites (tertiary alicyclic amines) is 1. The van der Waals surface area contributed by atoms with Crippen LogP contribution in [0.3, 0.4) is 0 Å². The molecule has 3 heterocycles. The first-order valence-corrected chi connectivity index (χ1v) is 9.33. The predicted molar refractivity (Wildman–Crippen MR) is 107 cm³/mol. The van der Waals surface area contributed by atoms with Gasteiger partial charge in [0.15, 0.2) is 5.78 Å². The van der Waals surface area contributed by atoms with E-state index in [4.69, 9.17) is 10.5 Å². The van der Waals surface area contributed by atoms with E-state index >= 15 is 0 Å². The third-order valence-electron chi connectivity index (χ3n) is 5.13. The molecule has 2 N–H and O–H groups in total. The number of ketones is 1. The van der Waals surface area contributed by atoms with Crippen LogP contribution in [0.15, 0.2) is 55.0 Å². The van der Waals surface area contributed by atoms with Crippen LogP contribution >= 0.6 is 0 Å². The van der Waals surface area contributed by atoms with E-state index in [1.54, 1.807) is 48.7 Å². The SMILES string of the molecule is COc1ccc(-n2ncc(C(=O)[C@H]3CCCN3C(=O)c3ccncc3)c2N)cc1. The second kappa shape index (κ2) is 7.75. The van der Waals surface area contributed by atoms with E-state index in [9.17, 15) is 9.59 Å². The maximum absolute atomic E-state index is 13.2. The monoisotopic (exact) mass is 391 g/mol. The normalized spacial score (nSPS) is 16.0. The van der Waals surface area contributed by atoms with Crippen molar-refractivity contribution in [2.45, 2.75) is 18.9 Å². The number of ether oxygens (including phenoxy) is 1. The summed E-state index contributed by atoms with van der Waals surface area (Å²) in [5.41, 5.74) is 7.80. The Hall–Kier alpha value is -3.68. The lowest BCUT2D eigenvalue weighted by Gasteiger charge is -2.23. The van der Waals surface area contributed by atoms with E-state index in [2.05, 4.69) is 10.1 Å². The molecule has 0 bridgehead atoms. The van der Waals surface area contributed by atoms with Crippen molar-refractivity contribution in [2.75, 3.05) is 19.4 Å². The van der Waals surface area contributed by atoms with Crippen molar-refractivity contribution in [1.82, 2.24) is 19.7 Å². The Labute approximate surface area is 167 Å². The van der Waals surface area contributed by atoms with Crippen molar-refractivity contribution in [3.05, 3.63) is 66.1 Å². The molecule has 148 valence electrons. The van der Waals surface area contributed by atoms with E-state index < -0.39 is 6.04 Å². The molecule has 3 aromatic rings. The van der Waals surface area contributed by atoms with Gasteiger partial charge in [0.05, 0.1) is 30.6 Å². The average molecular weight is 391 g/mol. The van der Waals surface area contributed by atoms with E-state index in [1.807, 2.05) is 12.1 Å². The standard InChI is InChI=1S/C21H21N5O3/c1-29-16-6-4-15(5-7-16)26-20(22)17(13-24-26)19(27)18-3-2-12-25(18)21(28)14-8-10-23-11-9-14/h4-11,13,18H,2-3,12,22H2,1H3/t18-/m1/s1. The second-order valence-corrected chi connectivity index (χ2v) is 6.81. The summed E-state index contributed by atoms with van der Waals surface area (Å²) in [6.07, 6.45) is 5.96. The fourth-order valence-electron chi connectivity index (χ4n) is 3.60. The van der Waals surface area contributed by atoms with E-state index in [-0.39, 0.29) is 17.5 Å². The minimum absolute atomic E-state index is 0.177. The van der Waals surface area contributed by atoms with Crippen molar-refractivity contribution in [3.63, 3.8) is 0 Å². The molecule has 8 nitrogen and oxygen atoms in total. The molecule has 1 amide bonds. The van der Waals surface area contributed by atoms with Gasteiger partial charge in [-0.05, 0) is 49.2 Å². The Bertz CT molecular complexity index is 1030. The highest BCUT2D eigenvalue weighted by molar-refractivity contribution is 6.07. The summed E-state index contributed by atoms with van der Waals surface area (Å²) >= 11 is 0. The van der Waals surface area contributed by atoms with Crippen molar-refractivity contribution in [2.24, 2.45) is 0 Å². The highest BCUT2D eigenvalue weighted by Crippen LogP contribution is 2.27. The van der Waals surface area contributed by atoms with Crippen molar-refractivity contribution in [3.8, 4) is 11.4 Å².